The quantitative estimate of drug-likeness (QED) is 0.493. The van der Waals surface area contributed by atoms with Crippen molar-refractivity contribution >= 4 is 57.5 Å². The highest BCUT2D eigenvalue weighted by molar-refractivity contribution is 6.33. The second-order valence-electron chi connectivity index (χ2n) is 4.85. The van der Waals surface area contributed by atoms with Crippen LogP contribution in [0.3, 0.4) is 0 Å². The third-order valence-corrected chi connectivity index (χ3v) is 3.74. The molecule has 0 atom stereocenters. The van der Waals surface area contributed by atoms with Crippen LogP contribution in [0.2, 0.25) is 15.6 Å². The molecule has 4 rings (SSSR count). The summed E-state index contributed by atoms with van der Waals surface area (Å²) in [5.74, 6) is 0.248. The van der Waals surface area contributed by atoms with Crippen molar-refractivity contribution in [2.24, 2.45) is 0 Å². The minimum absolute atomic E-state index is 0.0227. The Morgan fingerprint density at radius 3 is 1.77 bits per heavy atom. The molecule has 9 heteroatoms. The van der Waals surface area contributed by atoms with Crippen molar-refractivity contribution in [2.75, 3.05) is 5.32 Å². The highest BCUT2D eigenvalue weighted by Gasteiger charge is 2.05. The summed E-state index contributed by atoms with van der Waals surface area (Å²) in [6.45, 7) is 0. The first-order chi connectivity index (χ1) is 12.6. The van der Waals surface area contributed by atoms with Gasteiger partial charge in [-0.15, -0.1) is 0 Å². The van der Waals surface area contributed by atoms with Crippen LogP contribution in [0, 0.1) is 0 Å². The smallest absolute Gasteiger partial charge is 0.232 e. The first kappa shape index (κ1) is 18.3. The molecular formula is C17H11Cl3N6. The molecule has 26 heavy (non-hydrogen) atoms. The summed E-state index contributed by atoms with van der Waals surface area (Å²) in [7, 11) is 0. The molecule has 0 bridgehead atoms. The van der Waals surface area contributed by atoms with E-state index in [1.54, 1.807) is 24.5 Å². The largest absolute Gasteiger partial charge is 0.323 e. The number of halogens is 3. The normalized spacial score (nSPS) is 10.1. The van der Waals surface area contributed by atoms with Gasteiger partial charge in [0.1, 0.15) is 0 Å². The number of rotatable bonds is 2. The molecule has 0 aliphatic carbocycles. The zero-order valence-corrected chi connectivity index (χ0v) is 15.4. The number of benzene rings is 2. The van der Waals surface area contributed by atoms with E-state index in [1.807, 2.05) is 36.4 Å². The molecule has 2 heterocycles. The van der Waals surface area contributed by atoms with E-state index >= 15 is 0 Å². The molecule has 0 unspecified atom stereocenters. The van der Waals surface area contributed by atoms with E-state index in [2.05, 4.69) is 30.2 Å². The van der Waals surface area contributed by atoms with Gasteiger partial charge in [-0.25, -0.2) is 0 Å². The molecule has 0 saturated heterocycles. The average molecular weight is 406 g/mol. The van der Waals surface area contributed by atoms with E-state index < -0.39 is 0 Å². The first-order valence-electron chi connectivity index (χ1n) is 7.36. The van der Waals surface area contributed by atoms with Gasteiger partial charge in [-0.3, -0.25) is 9.97 Å². The van der Waals surface area contributed by atoms with E-state index in [-0.39, 0.29) is 16.5 Å². The van der Waals surface area contributed by atoms with E-state index in [0.29, 0.717) is 10.7 Å². The summed E-state index contributed by atoms with van der Waals surface area (Å²) in [5.41, 5.74) is 2.57. The third-order valence-electron chi connectivity index (χ3n) is 3.08. The van der Waals surface area contributed by atoms with Crippen molar-refractivity contribution in [2.45, 2.75) is 0 Å². The highest BCUT2D eigenvalue weighted by atomic mass is 35.5. The number of anilines is 2. The Bertz CT molecular complexity index is 942. The third kappa shape index (κ3) is 4.98. The molecule has 1 N–H and O–H groups in total. The fraction of sp³-hybridized carbons (Fsp3) is 0. The van der Waals surface area contributed by atoms with Gasteiger partial charge < -0.3 is 5.32 Å². The van der Waals surface area contributed by atoms with Crippen LogP contribution in [0.1, 0.15) is 0 Å². The maximum Gasteiger partial charge on any atom is 0.232 e. The predicted octanol–water partition coefficient (Wildman–Crippen LogP) is 5.21. The van der Waals surface area contributed by atoms with Crippen molar-refractivity contribution in [3.63, 3.8) is 0 Å². The van der Waals surface area contributed by atoms with Gasteiger partial charge in [0, 0.05) is 12.4 Å². The highest BCUT2D eigenvalue weighted by Crippen LogP contribution is 2.23. The topological polar surface area (TPSA) is 76.5 Å². The van der Waals surface area contributed by atoms with Gasteiger partial charge in [0.2, 0.25) is 16.5 Å². The fourth-order valence-corrected chi connectivity index (χ4v) is 2.52. The second kappa shape index (κ2) is 8.71. The van der Waals surface area contributed by atoms with Crippen molar-refractivity contribution in [3.05, 3.63) is 76.5 Å². The Morgan fingerprint density at radius 2 is 1.19 bits per heavy atom. The average Bonchev–Trinajstić information content (AvgIpc) is 2.63. The lowest BCUT2D eigenvalue weighted by atomic mass is 10.3. The van der Waals surface area contributed by atoms with Crippen LogP contribution in [-0.2, 0) is 0 Å². The predicted molar refractivity (Wildman–Crippen MR) is 104 cm³/mol. The maximum atomic E-state index is 5.95. The van der Waals surface area contributed by atoms with E-state index in [4.69, 9.17) is 34.8 Å². The van der Waals surface area contributed by atoms with Crippen LogP contribution in [0.5, 0.6) is 0 Å². The number of hydrogen-bond acceptors (Lipinski definition) is 6. The van der Waals surface area contributed by atoms with Crippen molar-refractivity contribution in [3.8, 4) is 0 Å². The van der Waals surface area contributed by atoms with Gasteiger partial charge >= 0.3 is 0 Å². The molecule has 0 aliphatic rings. The molecule has 130 valence electrons. The monoisotopic (exact) mass is 404 g/mol. The summed E-state index contributed by atoms with van der Waals surface area (Å²) in [6, 6.07) is 15.0. The number of hydrogen-bond donors (Lipinski definition) is 1. The van der Waals surface area contributed by atoms with Gasteiger partial charge in [0.15, 0.2) is 0 Å². The standard InChI is InChI=1S/C9H5Cl3N4.C8H6N2/c10-5-3-1-2-4-6(5)13-9-15-7(11)14-8(12)16-9;1-2-4-8-7(3-1)9-5-6-10-8/h1-4H,(H,13,14,15,16);1-6H. The number of aromatic nitrogens is 5. The molecule has 0 fully saturated rings. The first-order valence-corrected chi connectivity index (χ1v) is 8.49. The molecule has 2 aromatic heterocycles. The summed E-state index contributed by atoms with van der Waals surface area (Å²) < 4.78 is 0. The van der Waals surface area contributed by atoms with Gasteiger partial charge in [-0.1, -0.05) is 35.9 Å². The fourth-order valence-electron chi connectivity index (χ4n) is 1.97. The number of nitrogens with zero attached hydrogens (tertiary/aromatic N) is 5. The van der Waals surface area contributed by atoms with Crippen LogP contribution >= 0.6 is 34.8 Å². The molecule has 2 aromatic carbocycles. The van der Waals surface area contributed by atoms with Crippen molar-refractivity contribution in [1.29, 1.82) is 0 Å². The number of para-hydroxylation sites is 3. The SMILES string of the molecule is Clc1nc(Cl)nc(Nc2ccccc2Cl)n1.c1ccc2nccnc2c1. The lowest BCUT2D eigenvalue weighted by Gasteiger charge is -2.06. The summed E-state index contributed by atoms with van der Waals surface area (Å²) >= 11 is 17.2. The molecule has 0 radical (unpaired) electrons. The molecule has 0 saturated carbocycles. The molecule has 0 spiro atoms. The van der Waals surface area contributed by atoms with Crippen LogP contribution in [-0.4, -0.2) is 24.9 Å². The molecule has 0 amide bonds. The molecule has 0 aliphatic heterocycles. The zero-order chi connectivity index (χ0) is 18.4. The van der Waals surface area contributed by atoms with Crippen LogP contribution in [0.15, 0.2) is 60.9 Å². The Kier molecular flexibility index (Phi) is 6.12. The Labute approximate surface area is 164 Å². The van der Waals surface area contributed by atoms with E-state index in [0.717, 1.165) is 11.0 Å². The second-order valence-corrected chi connectivity index (χ2v) is 5.93. The lowest BCUT2D eigenvalue weighted by molar-refractivity contribution is 1.05. The van der Waals surface area contributed by atoms with Crippen LogP contribution in [0.25, 0.3) is 11.0 Å². The van der Waals surface area contributed by atoms with E-state index in [1.165, 1.54) is 0 Å². The van der Waals surface area contributed by atoms with Crippen LogP contribution in [0.4, 0.5) is 11.6 Å². The lowest BCUT2D eigenvalue weighted by Crippen LogP contribution is -1.99. The van der Waals surface area contributed by atoms with Gasteiger partial charge in [0.05, 0.1) is 21.7 Å². The number of fused-ring (bicyclic) bond motifs is 1. The summed E-state index contributed by atoms with van der Waals surface area (Å²) in [4.78, 5) is 19.6. The van der Waals surface area contributed by atoms with Crippen molar-refractivity contribution in [1.82, 2.24) is 24.9 Å². The molecule has 6 nitrogen and oxygen atoms in total. The summed E-state index contributed by atoms with van der Waals surface area (Å²) in [6.07, 6.45) is 3.39. The minimum Gasteiger partial charge on any atom is -0.323 e. The molecule has 4 aromatic rings. The number of nitrogens with one attached hydrogen (secondary N) is 1. The maximum absolute atomic E-state index is 5.95. The Hall–Kier alpha value is -2.54. The van der Waals surface area contributed by atoms with Gasteiger partial charge in [-0.05, 0) is 47.5 Å². The zero-order valence-electron chi connectivity index (χ0n) is 13.1. The van der Waals surface area contributed by atoms with E-state index in [9.17, 15) is 0 Å². The molecular weight excluding hydrogens is 395 g/mol. The van der Waals surface area contributed by atoms with Crippen molar-refractivity contribution < 1.29 is 0 Å². The Morgan fingerprint density at radius 1 is 0.654 bits per heavy atom. The van der Waals surface area contributed by atoms with Gasteiger partial charge in [0.25, 0.3) is 0 Å². The summed E-state index contributed by atoms with van der Waals surface area (Å²) in [5, 5.41) is 3.49. The van der Waals surface area contributed by atoms with Crippen LogP contribution < -0.4 is 5.32 Å². The Balaban J connectivity index is 0.000000167. The van der Waals surface area contributed by atoms with Gasteiger partial charge in [-0.2, -0.15) is 15.0 Å². The minimum atomic E-state index is 0.0227.